The molecule has 2 aromatic rings. The molecule has 0 aromatic heterocycles. The van der Waals surface area contributed by atoms with Crippen LogP contribution < -0.4 is 10.2 Å². The summed E-state index contributed by atoms with van der Waals surface area (Å²) in [6, 6.07) is 14.2. The highest BCUT2D eigenvalue weighted by molar-refractivity contribution is 7.91. The van der Waals surface area contributed by atoms with Gasteiger partial charge in [-0.3, -0.25) is 10.0 Å². The van der Waals surface area contributed by atoms with Crippen molar-refractivity contribution >= 4 is 21.5 Å². The summed E-state index contributed by atoms with van der Waals surface area (Å²) in [5.74, 6) is -0.0937. The van der Waals surface area contributed by atoms with E-state index in [1.807, 2.05) is 30.3 Å². The average Bonchev–Trinajstić information content (AvgIpc) is 2.88. The van der Waals surface area contributed by atoms with Crippen LogP contribution in [0.3, 0.4) is 0 Å². The number of rotatable bonds is 6. The first kappa shape index (κ1) is 24.4. The monoisotopic (exact) mass is 486 g/mol. The minimum atomic E-state index is -4.00. The van der Waals surface area contributed by atoms with Gasteiger partial charge in [-0.2, -0.15) is 4.31 Å². The lowest BCUT2D eigenvalue weighted by Gasteiger charge is -2.39. The van der Waals surface area contributed by atoms with Crippen molar-refractivity contribution in [2.45, 2.75) is 30.9 Å². The Morgan fingerprint density at radius 3 is 2.53 bits per heavy atom. The van der Waals surface area contributed by atoms with Crippen LogP contribution in [0.5, 0.6) is 5.75 Å². The first-order valence-electron chi connectivity index (χ1n) is 11.3. The van der Waals surface area contributed by atoms with Crippen molar-refractivity contribution in [3.8, 4) is 16.9 Å². The minimum Gasteiger partial charge on any atom is -0.497 e. The number of methoxy groups -OCH3 is 1. The molecule has 2 aromatic carbocycles. The van der Waals surface area contributed by atoms with Gasteiger partial charge < -0.3 is 9.47 Å². The smallest absolute Gasteiger partial charge is 0.266 e. The van der Waals surface area contributed by atoms with Gasteiger partial charge in [0.1, 0.15) is 5.75 Å². The number of hydroxylamine groups is 1. The fraction of sp³-hybridized carbons (Fsp3) is 0.400. The summed E-state index contributed by atoms with van der Waals surface area (Å²) < 4.78 is 37.2. The Labute approximate surface area is 200 Å². The number of carbonyl (C=O) groups excluding carboxylic acids is 1. The molecule has 1 saturated heterocycles. The Balaban J connectivity index is 1.56. The maximum atomic E-state index is 13.5. The van der Waals surface area contributed by atoms with Crippen molar-refractivity contribution in [2.24, 2.45) is 0 Å². The van der Waals surface area contributed by atoms with Crippen molar-refractivity contribution < 1.29 is 27.9 Å². The van der Waals surface area contributed by atoms with Gasteiger partial charge in [-0.15, -0.1) is 0 Å². The summed E-state index contributed by atoms with van der Waals surface area (Å²) in [5.41, 5.74) is 6.98. The van der Waals surface area contributed by atoms with E-state index < -0.39 is 20.7 Å². The van der Waals surface area contributed by atoms with E-state index in [0.717, 1.165) is 33.6 Å². The molecule has 1 amide bonds. The number of hydrogen-bond donors (Lipinski definition) is 2. The largest absolute Gasteiger partial charge is 0.497 e. The second-order valence-corrected chi connectivity index (χ2v) is 10.9. The second kappa shape index (κ2) is 9.87. The number of sulfonamides is 1. The van der Waals surface area contributed by atoms with Crippen molar-refractivity contribution in [3.63, 3.8) is 0 Å². The van der Waals surface area contributed by atoms with Crippen LogP contribution in [-0.4, -0.2) is 62.0 Å². The zero-order valence-corrected chi connectivity index (χ0v) is 20.2. The molecule has 0 unspecified atom stereocenters. The van der Waals surface area contributed by atoms with Gasteiger partial charge in [-0.25, -0.2) is 13.9 Å². The number of amides is 1. The van der Waals surface area contributed by atoms with Gasteiger partial charge >= 0.3 is 0 Å². The highest BCUT2D eigenvalue weighted by Gasteiger charge is 2.54. The molecule has 8 nitrogen and oxygen atoms in total. The predicted octanol–water partition coefficient (Wildman–Crippen LogP) is 3.14. The summed E-state index contributed by atoms with van der Waals surface area (Å²) >= 11 is 0. The molecule has 2 N–H and O–H groups in total. The number of nitrogens with one attached hydrogen (secondary N) is 1. The van der Waals surface area contributed by atoms with E-state index in [0.29, 0.717) is 6.42 Å². The van der Waals surface area contributed by atoms with Crippen LogP contribution >= 0.6 is 0 Å². The summed E-state index contributed by atoms with van der Waals surface area (Å²) in [6.45, 7) is 2.81. The van der Waals surface area contributed by atoms with Gasteiger partial charge in [0.2, 0.25) is 10.0 Å². The molecule has 0 radical (unpaired) electrons. The Morgan fingerprint density at radius 2 is 1.91 bits per heavy atom. The van der Waals surface area contributed by atoms with E-state index >= 15 is 0 Å². The molecule has 9 heteroatoms. The quantitative estimate of drug-likeness (QED) is 0.480. The molecule has 0 bridgehead atoms. The third-order valence-corrected chi connectivity index (χ3v) is 9.39. The molecule has 2 aliphatic heterocycles. The van der Waals surface area contributed by atoms with E-state index in [-0.39, 0.29) is 39.1 Å². The Kier molecular flexibility index (Phi) is 7.09. The summed E-state index contributed by atoms with van der Waals surface area (Å²) in [7, 11) is -2.35. The normalized spacial score (nSPS) is 18.7. The third-order valence-electron chi connectivity index (χ3n) is 6.80. The maximum Gasteiger partial charge on any atom is 0.266 e. The maximum absolute atomic E-state index is 13.5. The average molecular weight is 487 g/mol. The topological polar surface area (TPSA) is 105 Å². The minimum absolute atomic E-state index is 0.0136. The van der Waals surface area contributed by atoms with Crippen LogP contribution in [-0.2, 0) is 19.6 Å². The van der Waals surface area contributed by atoms with E-state index in [4.69, 9.17) is 9.47 Å². The van der Waals surface area contributed by atoms with Gasteiger partial charge in [-0.05, 0) is 53.3 Å². The van der Waals surface area contributed by atoms with E-state index in [2.05, 4.69) is 25.1 Å². The van der Waals surface area contributed by atoms with E-state index in [1.54, 1.807) is 12.6 Å². The van der Waals surface area contributed by atoms with E-state index in [9.17, 15) is 18.4 Å². The van der Waals surface area contributed by atoms with Gasteiger partial charge in [0.05, 0.1) is 7.11 Å². The molecule has 4 rings (SSSR count). The van der Waals surface area contributed by atoms with Crippen molar-refractivity contribution in [2.75, 3.05) is 33.4 Å². The Morgan fingerprint density at radius 1 is 1.15 bits per heavy atom. The first-order valence-corrected chi connectivity index (χ1v) is 12.7. The molecule has 0 spiro atoms. The molecular weight excluding hydrogens is 456 g/mol. The summed E-state index contributed by atoms with van der Waals surface area (Å²) in [5, 5.41) is 9.22. The van der Waals surface area contributed by atoms with Crippen LogP contribution in [0.4, 0.5) is 0 Å². The number of ether oxygens (including phenoxy) is 2. The summed E-state index contributed by atoms with van der Waals surface area (Å²) in [6.07, 6.45) is 2.47. The molecule has 0 atom stereocenters. The fourth-order valence-corrected chi connectivity index (χ4v) is 6.82. The fourth-order valence-electron chi connectivity index (χ4n) is 4.76. The highest BCUT2D eigenvalue weighted by Crippen LogP contribution is 2.36. The number of aryl methyl sites for hydroxylation is 1. The lowest BCUT2D eigenvalue weighted by Crippen LogP contribution is -2.59. The van der Waals surface area contributed by atoms with Crippen LogP contribution in [0.2, 0.25) is 0 Å². The Hall–Kier alpha value is -2.72. The molecule has 0 saturated carbocycles. The van der Waals surface area contributed by atoms with Crippen LogP contribution in [0.1, 0.15) is 30.4 Å². The molecular formula is C25H30N2O6S. The summed E-state index contributed by atoms with van der Waals surface area (Å²) in [4.78, 5) is 12.4. The number of benzene rings is 2. The van der Waals surface area contributed by atoms with Crippen LogP contribution in [0.25, 0.3) is 16.7 Å². The van der Waals surface area contributed by atoms with Crippen molar-refractivity contribution in [3.05, 3.63) is 59.7 Å². The molecule has 2 heterocycles. The lowest BCUT2D eigenvalue weighted by atomic mass is 9.93. The zero-order valence-electron chi connectivity index (χ0n) is 19.4. The number of carbonyl (C=O) groups is 1. The Bertz CT molecular complexity index is 1200. The standard InChI is InChI=1S/C25H30N2O6S/c1-18-16-20(6-7-23(18)21-4-3-5-22(17-21)32-2)19-8-12-27(13-9-19)34(30,31)25(24(28)26-29)10-14-33-15-11-25/h3-8,16-17,29H,9-15H2,1-2H3,(H,26,28). The molecule has 0 aliphatic carbocycles. The SMILES string of the molecule is COc1cccc(-c2ccc(C3=CCN(S(=O)(=O)C4(C(=O)NO)CCOCC4)CC3)cc2C)c1. The van der Waals surface area contributed by atoms with Gasteiger partial charge in [-0.1, -0.05) is 36.4 Å². The number of hydrogen-bond acceptors (Lipinski definition) is 6. The molecule has 2 aliphatic rings. The molecule has 182 valence electrons. The molecule has 1 fully saturated rings. The zero-order chi connectivity index (χ0) is 24.3. The van der Waals surface area contributed by atoms with Crippen molar-refractivity contribution in [1.29, 1.82) is 0 Å². The molecule has 34 heavy (non-hydrogen) atoms. The second-order valence-electron chi connectivity index (χ2n) is 8.65. The van der Waals surface area contributed by atoms with Crippen LogP contribution in [0, 0.1) is 6.92 Å². The first-order chi connectivity index (χ1) is 16.3. The third kappa shape index (κ3) is 4.36. The highest BCUT2D eigenvalue weighted by atomic mass is 32.2. The lowest BCUT2D eigenvalue weighted by molar-refractivity contribution is -0.134. The van der Waals surface area contributed by atoms with Gasteiger partial charge in [0, 0.05) is 39.1 Å². The number of nitrogens with zero attached hydrogens (tertiary/aromatic N) is 1. The van der Waals surface area contributed by atoms with E-state index in [1.165, 1.54) is 4.31 Å². The van der Waals surface area contributed by atoms with Crippen molar-refractivity contribution in [1.82, 2.24) is 9.79 Å². The van der Waals surface area contributed by atoms with Crippen LogP contribution in [0.15, 0.2) is 48.5 Å². The van der Waals surface area contributed by atoms with Gasteiger partial charge in [0.15, 0.2) is 4.75 Å². The predicted molar refractivity (Wildman–Crippen MR) is 129 cm³/mol. The van der Waals surface area contributed by atoms with Gasteiger partial charge in [0.25, 0.3) is 5.91 Å².